The van der Waals surface area contributed by atoms with Gasteiger partial charge >= 0.3 is 0 Å². The molecular formula is C19H23NO5S3. The number of ether oxygens (including phenoxy) is 2. The zero-order valence-corrected chi connectivity index (χ0v) is 18.3. The molecule has 2 fully saturated rings. The summed E-state index contributed by atoms with van der Waals surface area (Å²) in [6.07, 6.45) is 4.19. The van der Waals surface area contributed by atoms with E-state index in [1.54, 1.807) is 13.2 Å². The molecule has 1 unspecified atom stereocenters. The van der Waals surface area contributed by atoms with E-state index in [4.69, 9.17) is 21.7 Å². The Balaban J connectivity index is 1.78. The molecule has 152 valence electrons. The molecule has 0 radical (unpaired) electrons. The lowest BCUT2D eigenvalue weighted by atomic mass is 10.1. The monoisotopic (exact) mass is 441 g/mol. The maximum absolute atomic E-state index is 12.8. The summed E-state index contributed by atoms with van der Waals surface area (Å²) >= 11 is 6.54. The van der Waals surface area contributed by atoms with Crippen molar-refractivity contribution < 1.29 is 22.7 Å². The highest BCUT2D eigenvalue weighted by atomic mass is 32.2. The van der Waals surface area contributed by atoms with Gasteiger partial charge in [0, 0.05) is 0 Å². The first-order chi connectivity index (χ1) is 13.3. The zero-order chi connectivity index (χ0) is 20.3. The standard InChI is InChI=1S/C19H23NO5S3/c1-3-4-8-25-15-6-5-13(10-16(15)24-2)11-17-18(21)20(19(26)27-17)14-7-9-28(22,23)12-14/h5-6,10-11,14H,3-4,7-9,12H2,1-2H3/b17-11+. The second-order valence-electron chi connectivity index (χ2n) is 6.72. The van der Waals surface area contributed by atoms with Gasteiger partial charge < -0.3 is 9.47 Å². The van der Waals surface area contributed by atoms with Crippen LogP contribution >= 0.6 is 24.0 Å². The molecule has 2 aliphatic heterocycles. The zero-order valence-electron chi connectivity index (χ0n) is 15.8. The fraction of sp³-hybridized carbons (Fsp3) is 0.474. The quantitative estimate of drug-likeness (QED) is 0.365. The lowest BCUT2D eigenvalue weighted by Gasteiger charge is -2.20. The van der Waals surface area contributed by atoms with Crippen molar-refractivity contribution in [2.24, 2.45) is 0 Å². The van der Waals surface area contributed by atoms with Gasteiger partial charge in [0.2, 0.25) is 0 Å². The fourth-order valence-electron chi connectivity index (χ4n) is 3.14. The summed E-state index contributed by atoms with van der Waals surface area (Å²) in [7, 11) is -1.52. The van der Waals surface area contributed by atoms with Crippen molar-refractivity contribution in [3.8, 4) is 11.5 Å². The molecule has 1 atom stereocenters. The van der Waals surface area contributed by atoms with Crippen molar-refractivity contribution in [3.05, 3.63) is 28.7 Å². The van der Waals surface area contributed by atoms with Gasteiger partial charge in [-0.3, -0.25) is 9.69 Å². The van der Waals surface area contributed by atoms with Gasteiger partial charge in [-0.1, -0.05) is 43.4 Å². The number of unbranched alkanes of at least 4 members (excludes halogenated alkanes) is 1. The summed E-state index contributed by atoms with van der Waals surface area (Å²) < 4.78 is 35.0. The SMILES string of the molecule is CCCCOc1ccc(/C=C2/SC(=S)N(C3CCS(=O)(=O)C3)C2=O)cc1OC. The van der Waals surface area contributed by atoms with E-state index >= 15 is 0 Å². The van der Waals surface area contributed by atoms with Crippen LogP contribution in [-0.2, 0) is 14.6 Å². The number of hydrogen-bond donors (Lipinski definition) is 0. The van der Waals surface area contributed by atoms with Gasteiger partial charge in [-0.05, 0) is 36.6 Å². The Morgan fingerprint density at radius 1 is 1.36 bits per heavy atom. The number of rotatable bonds is 7. The number of methoxy groups -OCH3 is 1. The van der Waals surface area contributed by atoms with Crippen LogP contribution in [0.15, 0.2) is 23.1 Å². The predicted octanol–water partition coefficient (Wildman–Crippen LogP) is 3.26. The minimum atomic E-state index is -3.09. The van der Waals surface area contributed by atoms with Crippen molar-refractivity contribution in [2.45, 2.75) is 32.2 Å². The Morgan fingerprint density at radius 2 is 2.14 bits per heavy atom. The number of nitrogens with zero attached hydrogens (tertiary/aromatic N) is 1. The van der Waals surface area contributed by atoms with Crippen molar-refractivity contribution in [2.75, 3.05) is 25.2 Å². The maximum Gasteiger partial charge on any atom is 0.266 e. The molecule has 1 aromatic carbocycles. The van der Waals surface area contributed by atoms with E-state index in [0.717, 1.165) is 18.4 Å². The van der Waals surface area contributed by atoms with Gasteiger partial charge in [-0.25, -0.2) is 8.42 Å². The first-order valence-electron chi connectivity index (χ1n) is 9.13. The number of carbonyl (C=O) groups excluding carboxylic acids is 1. The third-order valence-electron chi connectivity index (χ3n) is 4.64. The maximum atomic E-state index is 12.8. The summed E-state index contributed by atoms with van der Waals surface area (Å²) in [4.78, 5) is 14.7. The minimum Gasteiger partial charge on any atom is -0.493 e. The van der Waals surface area contributed by atoms with E-state index < -0.39 is 9.84 Å². The lowest BCUT2D eigenvalue weighted by molar-refractivity contribution is -0.123. The largest absolute Gasteiger partial charge is 0.493 e. The van der Waals surface area contributed by atoms with E-state index in [9.17, 15) is 13.2 Å². The van der Waals surface area contributed by atoms with E-state index in [-0.39, 0.29) is 23.5 Å². The number of thioether (sulfide) groups is 1. The van der Waals surface area contributed by atoms with E-state index in [1.807, 2.05) is 18.2 Å². The Morgan fingerprint density at radius 3 is 2.79 bits per heavy atom. The first-order valence-corrected chi connectivity index (χ1v) is 12.2. The van der Waals surface area contributed by atoms with Gasteiger partial charge in [-0.2, -0.15) is 0 Å². The topological polar surface area (TPSA) is 72.9 Å². The van der Waals surface area contributed by atoms with Crippen LogP contribution in [0.3, 0.4) is 0 Å². The summed E-state index contributed by atoms with van der Waals surface area (Å²) in [6.45, 7) is 2.72. The van der Waals surface area contributed by atoms with Crippen LogP contribution in [0, 0.1) is 0 Å². The van der Waals surface area contributed by atoms with Crippen LogP contribution in [0.2, 0.25) is 0 Å². The Bertz CT molecular complexity index is 910. The molecule has 0 saturated carbocycles. The third kappa shape index (κ3) is 4.69. The molecule has 2 heterocycles. The van der Waals surface area contributed by atoms with Gasteiger partial charge in [0.15, 0.2) is 21.3 Å². The van der Waals surface area contributed by atoms with Gasteiger partial charge in [0.1, 0.15) is 4.32 Å². The summed E-state index contributed by atoms with van der Waals surface area (Å²) in [6, 6.07) is 5.13. The second-order valence-corrected chi connectivity index (χ2v) is 10.6. The molecule has 9 heteroatoms. The Labute approximate surface area is 175 Å². The molecule has 2 aliphatic rings. The molecule has 0 N–H and O–H groups in total. The van der Waals surface area contributed by atoms with Gasteiger partial charge in [-0.15, -0.1) is 0 Å². The van der Waals surface area contributed by atoms with Crippen LogP contribution in [-0.4, -0.2) is 54.8 Å². The van der Waals surface area contributed by atoms with E-state index in [1.165, 1.54) is 16.7 Å². The number of carbonyl (C=O) groups is 1. The molecule has 0 spiro atoms. The average Bonchev–Trinajstić information content (AvgIpc) is 3.14. The third-order valence-corrected chi connectivity index (χ3v) is 7.72. The van der Waals surface area contributed by atoms with Crippen molar-refractivity contribution >= 4 is 50.1 Å². The van der Waals surface area contributed by atoms with Crippen molar-refractivity contribution in [3.63, 3.8) is 0 Å². The number of hydrogen-bond acceptors (Lipinski definition) is 7. The fourth-order valence-corrected chi connectivity index (χ4v) is 6.24. The van der Waals surface area contributed by atoms with E-state index in [0.29, 0.717) is 33.8 Å². The number of sulfone groups is 1. The van der Waals surface area contributed by atoms with Crippen LogP contribution < -0.4 is 9.47 Å². The second kappa shape index (κ2) is 8.84. The molecule has 0 bridgehead atoms. The van der Waals surface area contributed by atoms with Crippen molar-refractivity contribution in [1.82, 2.24) is 4.90 Å². The van der Waals surface area contributed by atoms with Crippen LogP contribution in [0.1, 0.15) is 31.7 Å². The van der Waals surface area contributed by atoms with E-state index in [2.05, 4.69) is 6.92 Å². The average molecular weight is 442 g/mol. The highest BCUT2D eigenvalue weighted by Gasteiger charge is 2.42. The smallest absolute Gasteiger partial charge is 0.266 e. The van der Waals surface area contributed by atoms with Crippen molar-refractivity contribution in [1.29, 1.82) is 0 Å². The molecule has 28 heavy (non-hydrogen) atoms. The minimum absolute atomic E-state index is 0.0235. The molecule has 1 aromatic rings. The summed E-state index contributed by atoms with van der Waals surface area (Å²) in [5.74, 6) is 1.10. The molecule has 0 aliphatic carbocycles. The number of amides is 1. The van der Waals surface area contributed by atoms with Gasteiger partial charge in [0.25, 0.3) is 5.91 Å². The van der Waals surface area contributed by atoms with Crippen LogP contribution in [0.25, 0.3) is 6.08 Å². The predicted molar refractivity (Wildman–Crippen MR) is 115 cm³/mol. The number of benzene rings is 1. The molecule has 3 rings (SSSR count). The Kier molecular flexibility index (Phi) is 6.67. The highest BCUT2D eigenvalue weighted by molar-refractivity contribution is 8.26. The molecule has 6 nitrogen and oxygen atoms in total. The van der Waals surface area contributed by atoms with Gasteiger partial charge in [0.05, 0.1) is 36.2 Å². The Hall–Kier alpha value is -1.58. The molecular weight excluding hydrogens is 418 g/mol. The molecule has 1 amide bonds. The molecule has 0 aromatic heterocycles. The number of thiocarbonyl (C=S) groups is 1. The first kappa shape index (κ1) is 21.1. The van der Waals surface area contributed by atoms with Crippen LogP contribution in [0.5, 0.6) is 11.5 Å². The highest BCUT2D eigenvalue weighted by Crippen LogP contribution is 2.37. The lowest BCUT2D eigenvalue weighted by Crippen LogP contribution is -2.39. The summed E-state index contributed by atoms with van der Waals surface area (Å²) in [5, 5.41) is 0. The molecule has 2 saturated heterocycles. The summed E-state index contributed by atoms with van der Waals surface area (Å²) in [5.41, 5.74) is 0.791. The van der Waals surface area contributed by atoms with Crippen LogP contribution in [0.4, 0.5) is 0 Å². The normalized spacial score (nSPS) is 22.9.